The van der Waals surface area contributed by atoms with Gasteiger partial charge in [0.1, 0.15) is 12.6 Å². The highest BCUT2D eigenvalue weighted by atomic mass is 16.5. The first-order valence-corrected chi connectivity index (χ1v) is 12.6. The van der Waals surface area contributed by atoms with Crippen molar-refractivity contribution in [3.05, 3.63) is 59.7 Å². The molecule has 2 aliphatic carbocycles. The highest BCUT2D eigenvalue weighted by Crippen LogP contribution is 2.44. The number of benzene rings is 2. The molecule has 0 radical (unpaired) electrons. The van der Waals surface area contributed by atoms with E-state index in [1.54, 1.807) is 6.92 Å². The molecule has 0 saturated heterocycles. The van der Waals surface area contributed by atoms with Gasteiger partial charge in [0.2, 0.25) is 5.91 Å². The maximum atomic E-state index is 12.7. The second-order valence-electron chi connectivity index (χ2n) is 9.60. The van der Waals surface area contributed by atoms with Crippen LogP contribution >= 0.6 is 0 Å². The minimum Gasteiger partial charge on any atom is -0.481 e. The SMILES string of the molecule is CC[C@H](NC(=O)OCC1c2ccccc2-c2ccccc21)C(=O)NCC(CC1CCCC1)C(=O)O. The first-order valence-electron chi connectivity index (χ1n) is 12.6. The summed E-state index contributed by atoms with van der Waals surface area (Å²) in [6.45, 7) is 2.02. The molecule has 0 spiro atoms. The van der Waals surface area contributed by atoms with Crippen LogP contribution in [0.5, 0.6) is 0 Å². The zero-order valence-corrected chi connectivity index (χ0v) is 20.2. The molecular formula is C28H34N2O5. The number of carbonyl (C=O) groups is 3. The van der Waals surface area contributed by atoms with Crippen LogP contribution in [-0.2, 0) is 14.3 Å². The van der Waals surface area contributed by atoms with Crippen LogP contribution in [0.4, 0.5) is 4.79 Å². The lowest BCUT2D eigenvalue weighted by Crippen LogP contribution is -2.48. The van der Waals surface area contributed by atoms with Gasteiger partial charge in [-0.25, -0.2) is 4.79 Å². The van der Waals surface area contributed by atoms with Gasteiger partial charge in [-0.15, -0.1) is 0 Å². The van der Waals surface area contributed by atoms with E-state index in [1.807, 2.05) is 36.4 Å². The van der Waals surface area contributed by atoms with Crippen molar-refractivity contribution in [1.29, 1.82) is 0 Å². The Morgan fingerprint density at radius 3 is 2.17 bits per heavy atom. The van der Waals surface area contributed by atoms with Crippen molar-refractivity contribution < 1.29 is 24.2 Å². The van der Waals surface area contributed by atoms with Crippen molar-refractivity contribution in [2.75, 3.05) is 13.2 Å². The molecule has 0 bridgehead atoms. The first kappa shape index (κ1) is 24.8. The minimum atomic E-state index is -0.894. The summed E-state index contributed by atoms with van der Waals surface area (Å²) in [5.41, 5.74) is 4.53. The van der Waals surface area contributed by atoms with Gasteiger partial charge in [-0.05, 0) is 41.0 Å². The fourth-order valence-corrected chi connectivity index (χ4v) is 5.40. The van der Waals surface area contributed by atoms with Crippen molar-refractivity contribution in [3.63, 3.8) is 0 Å². The number of amides is 2. The van der Waals surface area contributed by atoms with Gasteiger partial charge in [-0.3, -0.25) is 9.59 Å². The van der Waals surface area contributed by atoms with Crippen molar-refractivity contribution in [2.24, 2.45) is 11.8 Å². The van der Waals surface area contributed by atoms with E-state index in [2.05, 4.69) is 22.8 Å². The van der Waals surface area contributed by atoms with E-state index < -0.39 is 29.9 Å². The smallest absolute Gasteiger partial charge is 0.407 e. The summed E-state index contributed by atoms with van der Waals surface area (Å²) < 4.78 is 5.55. The van der Waals surface area contributed by atoms with E-state index in [1.165, 1.54) is 0 Å². The van der Waals surface area contributed by atoms with Gasteiger partial charge in [-0.1, -0.05) is 81.1 Å². The van der Waals surface area contributed by atoms with Crippen LogP contribution in [-0.4, -0.2) is 42.3 Å². The van der Waals surface area contributed by atoms with Gasteiger partial charge < -0.3 is 20.5 Å². The van der Waals surface area contributed by atoms with Crippen molar-refractivity contribution in [3.8, 4) is 11.1 Å². The van der Waals surface area contributed by atoms with Crippen LogP contribution in [0.25, 0.3) is 11.1 Å². The molecule has 1 fully saturated rings. The van der Waals surface area contributed by atoms with Crippen molar-refractivity contribution in [2.45, 2.75) is 57.4 Å². The van der Waals surface area contributed by atoms with Crippen LogP contribution in [0, 0.1) is 11.8 Å². The molecule has 3 N–H and O–H groups in total. The fourth-order valence-electron chi connectivity index (χ4n) is 5.40. The molecule has 0 aromatic heterocycles. The van der Waals surface area contributed by atoms with Crippen LogP contribution < -0.4 is 10.6 Å². The van der Waals surface area contributed by atoms with Crippen molar-refractivity contribution in [1.82, 2.24) is 10.6 Å². The van der Waals surface area contributed by atoms with Crippen LogP contribution in [0.3, 0.4) is 0 Å². The Hall–Kier alpha value is -3.35. The molecule has 7 heteroatoms. The molecule has 2 aromatic carbocycles. The number of aliphatic carboxylic acids is 1. The number of hydrogen-bond acceptors (Lipinski definition) is 4. The fraction of sp³-hybridized carbons (Fsp3) is 0.464. The van der Waals surface area contributed by atoms with Gasteiger partial charge in [-0.2, -0.15) is 0 Å². The molecule has 4 rings (SSSR count). The summed E-state index contributed by atoms with van der Waals surface area (Å²) in [7, 11) is 0. The Morgan fingerprint density at radius 2 is 1.60 bits per heavy atom. The molecule has 2 aliphatic rings. The van der Waals surface area contributed by atoms with E-state index in [9.17, 15) is 19.5 Å². The number of carboxylic acid groups (broad SMARTS) is 1. The Labute approximate surface area is 206 Å². The second kappa shape index (κ2) is 11.4. The van der Waals surface area contributed by atoms with Crippen molar-refractivity contribution >= 4 is 18.0 Å². The zero-order valence-electron chi connectivity index (χ0n) is 20.2. The normalized spacial score (nSPS) is 16.7. The summed E-state index contributed by atoms with van der Waals surface area (Å²) in [4.78, 5) is 36.9. The lowest BCUT2D eigenvalue weighted by atomic mass is 9.93. The van der Waals surface area contributed by atoms with Gasteiger partial charge in [0.05, 0.1) is 5.92 Å². The van der Waals surface area contributed by atoms with Gasteiger partial charge in [0, 0.05) is 12.5 Å². The predicted octanol–water partition coefficient (Wildman–Crippen LogP) is 4.70. The lowest BCUT2D eigenvalue weighted by Gasteiger charge is -2.21. The van der Waals surface area contributed by atoms with Crippen LogP contribution in [0.15, 0.2) is 48.5 Å². The Balaban J connectivity index is 1.30. The molecule has 186 valence electrons. The number of nitrogens with one attached hydrogen (secondary N) is 2. The average Bonchev–Trinajstić information content (AvgIpc) is 3.49. The lowest BCUT2D eigenvalue weighted by molar-refractivity contribution is -0.142. The summed E-state index contributed by atoms with van der Waals surface area (Å²) in [6.07, 6.45) is 4.69. The number of ether oxygens (including phenoxy) is 1. The minimum absolute atomic E-state index is 0.0611. The first-order chi connectivity index (χ1) is 17.0. The number of hydrogen-bond donors (Lipinski definition) is 3. The Morgan fingerprint density at radius 1 is 1.00 bits per heavy atom. The molecule has 0 heterocycles. The third-order valence-corrected chi connectivity index (χ3v) is 7.33. The Bertz CT molecular complexity index is 1020. The van der Waals surface area contributed by atoms with Crippen LogP contribution in [0.2, 0.25) is 0 Å². The second-order valence-corrected chi connectivity index (χ2v) is 9.60. The number of alkyl carbamates (subject to hydrolysis) is 1. The third-order valence-electron chi connectivity index (χ3n) is 7.33. The number of carboxylic acids is 1. The van der Waals surface area contributed by atoms with E-state index >= 15 is 0 Å². The van der Waals surface area contributed by atoms with Gasteiger partial charge >= 0.3 is 12.1 Å². The topological polar surface area (TPSA) is 105 Å². The monoisotopic (exact) mass is 478 g/mol. The molecule has 7 nitrogen and oxygen atoms in total. The highest BCUT2D eigenvalue weighted by molar-refractivity contribution is 5.86. The molecule has 1 saturated carbocycles. The van der Waals surface area contributed by atoms with E-state index in [4.69, 9.17) is 4.74 Å². The molecule has 1 unspecified atom stereocenters. The highest BCUT2D eigenvalue weighted by Gasteiger charge is 2.30. The molecule has 0 aliphatic heterocycles. The molecule has 2 atom stereocenters. The van der Waals surface area contributed by atoms with E-state index in [0.717, 1.165) is 47.9 Å². The number of carbonyl (C=O) groups excluding carboxylic acids is 2. The Kier molecular flexibility index (Phi) is 8.06. The number of rotatable bonds is 10. The maximum absolute atomic E-state index is 12.7. The summed E-state index contributed by atoms with van der Waals surface area (Å²) in [5, 5.41) is 14.9. The molecular weight excluding hydrogens is 444 g/mol. The van der Waals surface area contributed by atoms with Crippen LogP contribution in [0.1, 0.15) is 62.5 Å². The van der Waals surface area contributed by atoms with E-state index in [-0.39, 0.29) is 19.1 Å². The maximum Gasteiger partial charge on any atom is 0.407 e. The molecule has 35 heavy (non-hydrogen) atoms. The molecule has 2 aromatic rings. The standard InChI is InChI=1S/C28H34N2O5/c1-2-25(26(31)29-16-19(27(32)33)15-18-9-3-4-10-18)30-28(34)35-17-24-22-13-7-5-11-20(22)21-12-6-8-14-23(21)24/h5-8,11-14,18-19,24-25H,2-4,9-10,15-17H2,1H3,(H,29,31)(H,30,34)(H,32,33)/t19?,25-/m0/s1. The summed E-state index contributed by atoms with van der Waals surface area (Å²) >= 11 is 0. The molecule has 2 amide bonds. The third kappa shape index (κ3) is 5.84. The largest absolute Gasteiger partial charge is 0.481 e. The summed E-state index contributed by atoms with van der Waals surface area (Å²) in [6, 6.07) is 15.4. The quantitative estimate of drug-likeness (QED) is 0.459. The zero-order chi connectivity index (χ0) is 24.8. The number of fused-ring (bicyclic) bond motifs is 3. The van der Waals surface area contributed by atoms with E-state index in [0.29, 0.717) is 18.8 Å². The summed E-state index contributed by atoms with van der Waals surface area (Å²) in [5.74, 6) is -1.55. The predicted molar refractivity (Wildman–Crippen MR) is 133 cm³/mol. The van der Waals surface area contributed by atoms with Gasteiger partial charge in [0.15, 0.2) is 0 Å². The van der Waals surface area contributed by atoms with Gasteiger partial charge in [0.25, 0.3) is 0 Å². The average molecular weight is 479 g/mol.